The number of hydrogen-bond donors (Lipinski definition) is 2. The lowest BCUT2D eigenvalue weighted by molar-refractivity contribution is -0.137. The Kier molecular flexibility index (Phi) is 5.93. The predicted molar refractivity (Wildman–Crippen MR) is 124 cm³/mol. The molecule has 4 heterocycles. The van der Waals surface area contributed by atoms with Gasteiger partial charge in [-0.25, -0.2) is 9.78 Å². The van der Waals surface area contributed by atoms with E-state index in [0.717, 1.165) is 30.8 Å². The minimum absolute atomic E-state index is 0.0735. The van der Waals surface area contributed by atoms with Gasteiger partial charge in [-0.3, -0.25) is 10.2 Å². The minimum atomic E-state index is -4.47. The van der Waals surface area contributed by atoms with Crippen molar-refractivity contribution in [1.82, 2.24) is 9.97 Å². The van der Waals surface area contributed by atoms with Crippen LogP contribution >= 0.6 is 0 Å². The Morgan fingerprint density at radius 3 is 2.77 bits per heavy atom. The second kappa shape index (κ2) is 9.06. The number of aliphatic hydroxyl groups is 1. The van der Waals surface area contributed by atoms with E-state index in [1.165, 1.54) is 6.07 Å². The molecule has 0 aliphatic carbocycles. The van der Waals surface area contributed by atoms with Crippen molar-refractivity contribution in [3.05, 3.63) is 60.2 Å². The van der Waals surface area contributed by atoms with Crippen LogP contribution in [0.4, 0.5) is 35.3 Å². The Morgan fingerprint density at radius 1 is 1.14 bits per heavy atom. The summed E-state index contributed by atoms with van der Waals surface area (Å²) in [5.41, 5.74) is 0.638. The maximum Gasteiger partial charge on any atom is 0.416 e. The number of alkyl halides is 3. The van der Waals surface area contributed by atoms with Crippen molar-refractivity contribution in [3.63, 3.8) is 0 Å². The molecule has 5 rings (SSSR count). The van der Waals surface area contributed by atoms with Crippen LogP contribution in [0.3, 0.4) is 0 Å². The molecule has 2 aromatic heterocycles. The summed E-state index contributed by atoms with van der Waals surface area (Å²) < 4.78 is 45.0. The molecule has 1 fully saturated rings. The molecule has 0 unspecified atom stereocenters. The molecule has 182 valence electrons. The lowest BCUT2D eigenvalue weighted by Crippen LogP contribution is -2.48. The lowest BCUT2D eigenvalue weighted by Gasteiger charge is -2.35. The van der Waals surface area contributed by atoms with Crippen molar-refractivity contribution >= 4 is 23.4 Å². The van der Waals surface area contributed by atoms with Crippen molar-refractivity contribution < 1.29 is 27.8 Å². The largest absolute Gasteiger partial charge is 0.475 e. The zero-order valence-electron chi connectivity index (χ0n) is 18.5. The van der Waals surface area contributed by atoms with Crippen LogP contribution in [0.1, 0.15) is 12.0 Å². The van der Waals surface area contributed by atoms with Gasteiger partial charge in [0.1, 0.15) is 12.4 Å². The molecule has 11 heteroatoms. The summed E-state index contributed by atoms with van der Waals surface area (Å²) in [6.45, 7) is 1.29. The summed E-state index contributed by atoms with van der Waals surface area (Å²) in [5, 5.41) is 11.7. The number of carbonyl (C=O) groups excluding carboxylic acids is 1. The second-order valence-electron chi connectivity index (χ2n) is 8.24. The van der Waals surface area contributed by atoms with Gasteiger partial charge in [-0.05, 0) is 36.8 Å². The van der Waals surface area contributed by atoms with Gasteiger partial charge in [0.25, 0.3) is 0 Å². The highest BCUT2D eigenvalue weighted by molar-refractivity contribution is 6.04. The number of aromatic nitrogens is 2. The number of ether oxygens (including phenoxy) is 1. The van der Waals surface area contributed by atoms with E-state index < -0.39 is 17.8 Å². The molecular weight excluding hydrogens is 463 g/mol. The SMILES string of the molecule is O=C(Nc1cccc(OCCO)n1)N1c2nc(-c3cccc(C(F)(F)F)c3)ccc2N2CC[C@H]1C2. The lowest BCUT2D eigenvalue weighted by atomic mass is 10.1. The van der Waals surface area contributed by atoms with Gasteiger partial charge in [-0.15, -0.1) is 0 Å². The van der Waals surface area contributed by atoms with Crippen molar-refractivity contribution in [2.45, 2.75) is 18.6 Å². The van der Waals surface area contributed by atoms with Crippen LogP contribution in [0.2, 0.25) is 0 Å². The van der Waals surface area contributed by atoms with Crippen LogP contribution in [0.15, 0.2) is 54.6 Å². The number of halogens is 3. The van der Waals surface area contributed by atoms with Crippen LogP contribution in [0, 0.1) is 0 Å². The molecule has 0 spiro atoms. The second-order valence-corrected chi connectivity index (χ2v) is 8.24. The average molecular weight is 485 g/mol. The third-order valence-electron chi connectivity index (χ3n) is 5.96. The first kappa shape index (κ1) is 22.9. The molecule has 0 radical (unpaired) electrons. The number of amides is 2. The highest BCUT2D eigenvalue weighted by atomic mass is 19.4. The molecule has 35 heavy (non-hydrogen) atoms. The maximum atomic E-state index is 13.4. The topological polar surface area (TPSA) is 90.8 Å². The van der Waals surface area contributed by atoms with Gasteiger partial charge < -0.3 is 14.7 Å². The van der Waals surface area contributed by atoms with E-state index in [1.54, 1.807) is 41.3 Å². The summed E-state index contributed by atoms with van der Waals surface area (Å²) in [6.07, 6.45) is -3.74. The molecule has 1 saturated heterocycles. The molecule has 2 aliphatic rings. The van der Waals surface area contributed by atoms with E-state index in [9.17, 15) is 18.0 Å². The van der Waals surface area contributed by atoms with E-state index in [1.807, 2.05) is 0 Å². The summed E-state index contributed by atoms with van der Waals surface area (Å²) in [7, 11) is 0. The summed E-state index contributed by atoms with van der Waals surface area (Å²) in [6, 6.07) is 12.7. The molecule has 2 aliphatic heterocycles. The number of pyridine rings is 2. The van der Waals surface area contributed by atoms with Crippen molar-refractivity contribution in [3.8, 4) is 17.1 Å². The highest BCUT2D eigenvalue weighted by Crippen LogP contribution is 2.41. The minimum Gasteiger partial charge on any atom is -0.475 e. The fraction of sp³-hybridized carbons (Fsp3) is 0.292. The van der Waals surface area contributed by atoms with Gasteiger partial charge in [0.2, 0.25) is 5.88 Å². The van der Waals surface area contributed by atoms with E-state index in [-0.39, 0.29) is 31.0 Å². The van der Waals surface area contributed by atoms with Crippen molar-refractivity contribution in [2.75, 3.05) is 41.4 Å². The number of benzene rings is 1. The Hall–Kier alpha value is -3.86. The molecule has 2 amide bonds. The smallest absolute Gasteiger partial charge is 0.416 e. The highest BCUT2D eigenvalue weighted by Gasteiger charge is 2.40. The summed E-state index contributed by atoms with van der Waals surface area (Å²) >= 11 is 0. The Morgan fingerprint density at radius 2 is 1.97 bits per heavy atom. The quantitative estimate of drug-likeness (QED) is 0.564. The number of carbonyl (C=O) groups is 1. The summed E-state index contributed by atoms with van der Waals surface area (Å²) in [5.74, 6) is 0.910. The molecule has 1 aromatic carbocycles. The molecular formula is C24H22F3N5O3. The number of nitrogens with one attached hydrogen (secondary N) is 1. The van der Waals surface area contributed by atoms with Crippen molar-refractivity contribution in [2.24, 2.45) is 0 Å². The van der Waals surface area contributed by atoms with Gasteiger partial charge >= 0.3 is 12.2 Å². The van der Waals surface area contributed by atoms with E-state index in [0.29, 0.717) is 23.6 Å². The zero-order valence-corrected chi connectivity index (χ0v) is 18.5. The molecule has 0 saturated carbocycles. The first-order valence-corrected chi connectivity index (χ1v) is 11.1. The normalized spacial score (nSPS) is 16.7. The van der Waals surface area contributed by atoms with Gasteiger partial charge in [-0.1, -0.05) is 18.2 Å². The van der Waals surface area contributed by atoms with E-state index in [4.69, 9.17) is 9.84 Å². The average Bonchev–Trinajstić information content (AvgIpc) is 3.26. The number of rotatable bonds is 5. The summed E-state index contributed by atoms with van der Waals surface area (Å²) in [4.78, 5) is 25.9. The van der Waals surface area contributed by atoms with Crippen LogP contribution in [-0.2, 0) is 6.18 Å². The fourth-order valence-electron chi connectivity index (χ4n) is 4.37. The third kappa shape index (κ3) is 4.59. The molecule has 3 aromatic rings. The van der Waals surface area contributed by atoms with E-state index in [2.05, 4.69) is 20.2 Å². The molecule has 8 nitrogen and oxygen atoms in total. The predicted octanol–water partition coefficient (Wildman–Crippen LogP) is 4.16. The van der Waals surface area contributed by atoms with Gasteiger partial charge in [-0.2, -0.15) is 18.2 Å². The molecule has 2 bridgehead atoms. The number of hydrogen-bond acceptors (Lipinski definition) is 6. The number of aliphatic hydroxyl groups excluding tert-OH is 1. The van der Waals surface area contributed by atoms with Gasteiger partial charge in [0, 0.05) is 24.7 Å². The molecule has 2 N–H and O–H groups in total. The fourth-order valence-corrected chi connectivity index (χ4v) is 4.37. The van der Waals surface area contributed by atoms with Crippen LogP contribution in [0.25, 0.3) is 11.3 Å². The Balaban J connectivity index is 1.47. The van der Waals surface area contributed by atoms with Crippen LogP contribution in [0.5, 0.6) is 5.88 Å². The van der Waals surface area contributed by atoms with Crippen LogP contribution in [-0.4, -0.2) is 53.5 Å². The number of fused-ring (bicyclic) bond motifs is 4. The van der Waals surface area contributed by atoms with Crippen molar-refractivity contribution in [1.29, 1.82) is 0 Å². The van der Waals surface area contributed by atoms with E-state index >= 15 is 0 Å². The third-order valence-corrected chi connectivity index (χ3v) is 5.96. The van der Waals surface area contributed by atoms with Gasteiger partial charge in [0.15, 0.2) is 5.82 Å². The van der Waals surface area contributed by atoms with Crippen LogP contribution < -0.4 is 19.9 Å². The first-order chi connectivity index (χ1) is 16.8. The monoisotopic (exact) mass is 485 g/mol. The first-order valence-electron chi connectivity index (χ1n) is 11.1. The maximum absolute atomic E-state index is 13.4. The Bertz CT molecular complexity index is 1250. The zero-order chi connectivity index (χ0) is 24.6. The number of anilines is 3. The number of nitrogens with zero attached hydrogens (tertiary/aromatic N) is 4. The Labute approximate surface area is 199 Å². The standard InChI is InChI=1S/C24H22F3N5O3/c25-24(26,27)16-4-1-3-15(13-16)18-7-8-19-22(28-18)32(17-9-10-31(19)14-17)23(34)30-20-5-2-6-21(29-20)35-12-11-33/h1-8,13,17,33H,9-12,14H2,(H,29,30,34)/t17-/m0/s1. The van der Waals surface area contributed by atoms with Gasteiger partial charge in [0.05, 0.1) is 29.6 Å². The number of urea groups is 1. The molecule has 1 atom stereocenters.